The van der Waals surface area contributed by atoms with E-state index in [0.717, 1.165) is 38.6 Å². The molecule has 18 heavy (non-hydrogen) atoms. The highest BCUT2D eigenvalue weighted by Crippen LogP contribution is 2.45. The molecule has 0 aromatic rings. The summed E-state index contributed by atoms with van der Waals surface area (Å²) in [6.45, 7) is 7.06. The van der Waals surface area contributed by atoms with E-state index in [-0.39, 0.29) is 17.6 Å². The summed E-state index contributed by atoms with van der Waals surface area (Å²) >= 11 is 0. The second-order valence-corrected chi connectivity index (χ2v) is 6.78. The van der Waals surface area contributed by atoms with Gasteiger partial charge in [-0.05, 0) is 46.5 Å². The summed E-state index contributed by atoms with van der Waals surface area (Å²) < 4.78 is 5.42. The van der Waals surface area contributed by atoms with Crippen LogP contribution in [-0.2, 0) is 4.74 Å². The molecule has 1 N–H and O–H groups in total. The minimum Gasteiger partial charge on any atom is -0.444 e. The Hall–Kier alpha value is -0.770. The lowest BCUT2D eigenvalue weighted by atomic mass is 9.77. The number of piperidine rings is 1. The molecule has 2 unspecified atom stereocenters. The van der Waals surface area contributed by atoms with Crippen LogP contribution in [0.5, 0.6) is 0 Å². The molecule has 2 aliphatic rings. The molecule has 0 bridgehead atoms. The lowest BCUT2D eigenvalue weighted by Gasteiger charge is -2.42. The maximum Gasteiger partial charge on any atom is 0.410 e. The molecule has 4 heteroatoms. The molecule has 0 aromatic heterocycles. The van der Waals surface area contributed by atoms with Crippen LogP contribution in [-0.4, -0.2) is 40.9 Å². The third-order valence-electron chi connectivity index (χ3n) is 4.12. The Bertz CT molecular complexity index is 323. The van der Waals surface area contributed by atoms with E-state index in [0.29, 0.717) is 6.54 Å². The molecule has 104 valence electrons. The number of rotatable bonds is 0. The Labute approximate surface area is 109 Å². The third-order valence-corrected chi connectivity index (χ3v) is 4.12. The molecule has 2 atom stereocenters. The summed E-state index contributed by atoms with van der Waals surface area (Å²) in [7, 11) is 0. The highest BCUT2D eigenvalue weighted by atomic mass is 16.6. The topological polar surface area (TPSA) is 49.8 Å². The molecule has 0 aromatic carbocycles. The van der Waals surface area contributed by atoms with Crippen LogP contribution >= 0.6 is 0 Å². The predicted octanol–water partition coefficient (Wildman–Crippen LogP) is 2.55. The first-order chi connectivity index (χ1) is 8.32. The lowest BCUT2D eigenvalue weighted by Crippen LogP contribution is -2.50. The van der Waals surface area contributed by atoms with Crippen molar-refractivity contribution in [1.29, 1.82) is 0 Å². The Kier molecular flexibility index (Phi) is 3.58. The smallest absolute Gasteiger partial charge is 0.410 e. The number of aliphatic hydroxyl groups excluding tert-OH is 1. The number of aliphatic hydroxyl groups is 1. The maximum atomic E-state index is 12.1. The third kappa shape index (κ3) is 2.79. The molecule has 1 aliphatic carbocycles. The zero-order chi connectivity index (χ0) is 13.4. The van der Waals surface area contributed by atoms with Gasteiger partial charge in [-0.3, -0.25) is 0 Å². The van der Waals surface area contributed by atoms with Crippen LogP contribution in [0.25, 0.3) is 0 Å². The van der Waals surface area contributed by atoms with Gasteiger partial charge < -0.3 is 14.7 Å². The summed E-state index contributed by atoms with van der Waals surface area (Å²) in [6.07, 6.45) is 4.51. The minimum atomic E-state index is -0.448. The van der Waals surface area contributed by atoms with Crippen molar-refractivity contribution in [3.63, 3.8) is 0 Å². The SMILES string of the molecule is CC(C)(C)OC(=O)N1CCCC2(CCCC2O)C1. The lowest BCUT2D eigenvalue weighted by molar-refractivity contribution is -0.0271. The van der Waals surface area contributed by atoms with Gasteiger partial charge in [0.05, 0.1) is 6.10 Å². The number of amides is 1. The molecule has 1 saturated heterocycles. The molecule has 2 fully saturated rings. The monoisotopic (exact) mass is 255 g/mol. The second-order valence-electron chi connectivity index (χ2n) is 6.78. The van der Waals surface area contributed by atoms with E-state index in [1.54, 1.807) is 4.90 Å². The number of carbonyl (C=O) groups excluding carboxylic acids is 1. The minimum absolute atomic E-state index is 0.0604. The van der Waals surface area contributed by atoms with E-state index >= 15 is 0 Å². The molecule has 0 radical (unpaired) electrons. The highest BCUT2D eigenvalue weighted by Gasteiger charge is 2.46. The van der Waals surface area contributed by atoms with Crippen LogP contribution < -0.4 is 0 Å². The van der Waals surface area contributed by atoms with Crippen molar-refractivity contribution >= 4 is 6.09 Å². The Balaban J connectivity index is 2.01. The highest BCUT2D eigenvalue weighted by molar-refractivity contribution is 5.68. The van der Waals surface area contributed by atoms with E-state index in [1.165, 1.54) is 0 Å². The van der Waals surface area contributed by atoms with Crippen LogP contribution in [0, 0.1) is 5.41 Å². The van der Waals surface area contributed by atoms with Gasteiger partial charge in [0.15, 0.2) is 0 Å². The molecule has 1 saturated carbocycles. The van der Waals surface area contributed by atoms with Gasteiger partial charge >= 0.3 is 6.09 Å². The number of hydrogen-bond donors (Lipinski definition) is 1. The number of ether oxygens (including phenoxy) is 1. The molecule has 4 nitrogen and oxygen atoms in total. The van der Waals surface area contributed by atoms with Gasteiger partial charge in [-0.15, -0.1) is 0 Å². The van der Waals surface area contributed by atoms with Gasteiger partial charge in [-0.2, -0.15) is 0 Å². The number of hydrogen-bond acceptors (Lipinski definition) is 3. The fourth-order valence-electron chi connectivity index (χ4n) is 3.24. The molecule has 2 rings (SSSR count). The first kappa shape index (κ1) is 13.7. The van der Waals surface area contributed by atoms with Crippen molar-refractivity contribution in [2.45, 2.75) is 64.6 Å². The van der Waals surface area contributed by atoms with Crippen LogP contribution in [0.1, 0.15) is 52.9 Å². The molecular weight excluding hydrogens is 230 g/mol. The second kappa shape index (κ2) is 4.72. The van der Waals surface area contributed by atoms with Crippen molar-refractivity contribution in [2.75, 3.05) is 13.1 Å². The zero-order valence-corrected chi connectivity index (χ0v) is 11.7. The quantitative estimate of drug-likeness (QED) is 0.723. The van der Waals surface area contributed by atoms with Gasteiger partial charge in [0.1, 0.15) is 5.60 Å². The molecule has 1 amide bonds. The van der Waals surface area contributed by atoms with Gasteiger partial charge in [0.25, 0.3) is 0 Å². The number of carbonyl (C=O) groups is 1. The van der Waals surface area contributed by atoms with Crippen LogP contribution in [0.2, 0.25) is 0 Å². The fraction of sp³-hybridized carbons (Fsp3) is 0.929. The van der Waals surface area contributed by atoms with Crippen LogP contribution in [0.3, 0.4) is 0 Å². The normalized spacial score (nSPS) is 32.9. The summed E-state index contributed by atoms with van der Waals surface area (Å²) in [5.41, 5.74) is -0.509. The van der Waals surface area contributed by atoms with Gasteiger partial charge in [0, 0.05) is 18.5 Å². The summed E-state index contributed by atoms with van der Waals surface area (Å²) in [5.74, 6) is 0. The van der Waals surface area contributed by atoms with Crippen molar-refractivity contribution in [1.82, 2.24) is 4.90 Å². The zero-order valence-electron chi connectivity index (χ0n) is 11.7. The average Bonchev–Trinajstić information content (AvgIpc) is 2.58. The Morgan fingerprint density at radius 3 is 2.56 bits per heavy atom. The van der Waals surface area contributed by atoms with E-state index < -0.39 is 5.60 Å². The van der Waals surface area contributed by atoms with Gasteiger partial charge in [0.2, 0.25) is 0 Å². The van der Waals surface area contributed by atoms with E-state index in [4.69, 9.17) is 4.74 Å². The summed E-state index contributed by atoms with van der Waals surface area (Å²) in [5, 5.41) is 10.2. The molecular formula is C14H25NO3. The summed E-state index contributed by atoms with van der Waals surface area (Å²) in [6, 6.07) is 0. The first-order valence-corrected chi connectivity index (χ1v) is 6.98. The molecule has 1 aliphatic heterocycles. The van der Waals surface area contributed by atoms with Gasteiger partial charge in [-0.25, -0.2) is 4.79 Å². The summed E-state index contributed by atoms with van der Waals surface area (Å²) in [4.78, 5) is 13.9. The van der Waals surface area contributed by atoms with Crippen molar-refractivity contribution in [3.8, 4) is 0 Å². The first-order valence-electron chi connectivity index (χ1n) is 6.98. The molecule has 1 heterocycles. The van der Waals surface area contributed by atoms with Gasteiger partial charge in [-0.1, -0.05) is 6.42 Å². The van der Waals surface area contributed by atoms with E-state index in [2.05, 4.69) is 0 Å². The van der Waals surface area contributed by atoms with E-state index in [9.17, 15) is 9.90 Å². The van der Waals surface area contributed by atoms with E-state index in [1.807, 2.05) is 20.8 Å². The average molecular weight is 255 g/mol. The standard InChI is InChI=1S/C14H25NO3/c1-13(2,3)18-12(17)15-9-5-8-14(10-15)7-4-6-11(14)16/h11,16H,4-10H2,1-3H3. The predicted molar refractivity (Wildman–Crippen MR) is 69.3 cm³/mol. The van der Waals surface area contributed by atoms with Crippen molar-refractivity contribution < 1.29 is 14.6 Å². The molecule has 1 spiro atoms. The number of nitrogens with zero attached hydrogens (tertiary/aromatic N) is 1. The number of likely N-dealkylation sites (tertiary alicyclic amines) is 1. The van der Waals surface area contributed by atoms with Crippen LogP contribution in [0.4, 0.5) is 4.79 Å². The van der Waals surface area contributed by atoms with Crippen molar-refractivity contribution in [2.24, 2.45) is 5.41 Å². The fourth-order valence-corrected chi connectivity index (χ4v) is 3.24. The Morgan fingerprint density at radius 2 is 2.00 bits per heavy atom. The van der Waals surface area contributed by atoms with Crippen molar-refractivity contribution in [3.05, 3.63) is 0 Å². The largest absolute Gasteiger partial charge is 0.444 e. The van der Waals surface area contributed by atoms with Crippen LogP contribution in [0.15, 0.2) is 0 Å². The maximum absolute atomic E-state index is 12.1. The Morgan fingerprint density at radius 1 is 1.33 bits per heavy atom.